The van der Waals surface area contributed by atoms with Crippen molar-refractivity contribution in [1.29, 1.82) is 0 Å². The summed E-state index contributed by atoms with van der Waals surface area (Å²) in [5, 5.41) is 0.512. The number of cyclic esters (lactones) is 1. The topological polar surface area (TPSA) is 69.7 Å². The predicted octanol–water partition coefficient (Wildman–Crippen LogP) is 3.43. The van der Waals surface area contributed by atoms with Gasteiger partial charge in [0.2, 0.25) is 6.10 Å². The smallest absolute Gasteiger partial charge is 0.347 e. The van der Waals surface area contributed by atoms with Crippen molar-refractivity contribution < 1.29 is 23.9 Å². The number of carbonyl (C=O) groups is 3. The lowest BCUT2D eigenvalue weighted by Gasteiger charge is -2.11. The fourth-order valence-corrected chi connectivity index (χ4v) is 2.75. The normalized spacial score (nSPS) is 19.4. The van der Waals surface area contributed by atoms with Gasteiger partial charge in [0, 0.05) is 22.6 Å². The maximum atomic E-state index is 12.7. The molecule has 0 N–H and O–H groups in total. The largest absolute Gasteiger partial charge is 0.460 e. The second-order valence-corrected chi connectivity index (χ2v) is 6.20. The fourth-order valence-electron chi connectivity index (χ4n) is 2.62. The van der Waals surface area contributed by atoms with Crippen molar-refractivity contribution in [3.05, 3.63) is 70.2 Å². The summed E-state index contributed by atoms with van der Waals surface area (Å²) in [6.07, 6.45) is -0.935. The van der Waals surface area contributed by atoms with Crippen LogP contribution in [-0.4, -0.2) is 29.9 Å². The average Bonchev–Trinajstić information content (AvgIpc) is 2.92. The highest BCUT2D eigenvalue weighted by Gasteiger charge is 2.35. The molecule has 0 saturated carbocycles. The summed E-state index contributed by atoms with van der Waals surface area (Å²) in [4.78, 5) is 36.8. The van der Waals surface area contributed by atoms with Crippen molar-refractivity contribution in [2.75, 3.05) is 0 Å². The number of hydrogen-bond acceptors (Lipinski definition) is 5. The van der Waals surface area contributed by atoms with Gasteiger partial charge in [-0.25, -0.2) is 9.59 Å². The molecule has 1 saturated heterocycles. The van der Waals surface area contributed by atoms with Crippen molar-refractivity contribution in [2.24, 2.45) is 0 Å². The minimum atomic E-state index is -0.943. The van der Waals surface area contributed by atoms with Gasteiger partial charge in [0.05, 0.1) is 5.56 Å². The summed E-state index contributed by atoms with van der Waals surface area (Å²) in [6.45, 7) is 1.73. The van der Waals surface area contributed by atoms with Gasteiger partial charge in [-0.2, -0.15) is 0 Å². The Bertz CT molecular complexity index is 828. The molecule has 2 aromatic rings. The first kappa shape index (κ1) is 17.2. The third-order valence-corrected chi connectivity index (χ3v) is 4.13. The number of halogens is 1. The van der Waals surface area contributed by atoms with E-state index in [2.05, 4.69) is 0 Å². The van der Waals surface area contributed by atoms with Crippen LogP contribution in [-0.2, 0) is 14.3 Å². The van der Waals surface area contributed by atoms with Gasteiger partial charge in [-0.3, -0.25) is 4.79 Å². The highest BCUT2D eigenvalue weighted by molar-refractivity contribution is 6.30. The summed E-state index contributed by atoms with van der Waals surface area (Å²) < 4.78 is 10.2. The van der Waals surface area contributed by atoms with E-state index in [1.165, 1.54) is 6.07 Å². The van der Waals surface area contributed by atoms with Crippen molar-refractivity contribution in [3.8, 4) is 0 Å². The molecular formula is C19H15ClO5. The zero-order valence-electron chi connectivity index (χ0n) is 13.4. The number of rotatable bonds is 4. The van der Waals surface area contributed by atoms with Gasteiger partial charge < -0.3 is 9.47 Å². The summed E-state index contributed by atoms with van der Waals surface area (Å²) in [5.74, 6) is -1.62. The Labute approximate surface area is 149 Å². The van der Waals surface area contributed by atoms with Crippen LogP contribution in [0.15, 0.2) is 48.5 Å². The van der Waals surface area contributed by atoms with Crippen molar-refractivity contribution in [1.82, 2.24) is 0 Å². The maximum Gasteiger partial charge on any atom is 0.347 e. The van der Waals surface area contributed by atoms with Gasteiger partial charge >= 0.3 is 11.9 Å². The van der Waals surface area contributed by atoms with Crippen LogP contribution >= 0.6 is 11.6 Å². The first-order valence-electron chi connectivity index (χ1n) is 7.76. The van der Waals surface area contributed by atoms with E-state index in [1.807, 2.05) is 0 Å². The molecule has 1 aliphatic rings. The molecule has 1 aliphatic heterocycles. The van der Waals surface area contributed by atoms with E-state index >= 15 is 0 Å². The van der Waals surface area contributed by atoms with Crippen molar-refractivity contribution in [3.63, 3.8) is 0 Å². The molecule has 1 heterocycles. The average molecular weight is 359 g/mol. The van der Waals surface area contributed by atoms with Gasteiger partial charge in [0.1, 0.15) is 6.10 Å². The van der Waals surface area contributed by atoms with E-state index in [1.54, 1.807) is 49.4 Å². The Morgan fingerprint density at radius 1 is 1.08 bits per heavy atom. The molecule has 6 heteroatoms. The molecule has 0 aromatic heterocycles. The number of hydrogen-bond donors (Lipinski definition) is 0. The van der Waals surface area contributed by atoms with Gasteiger partial charge in [-0.05, 0) is 37.3 Å². The quantitative estimate of drug-likeness (QED) is 0.618. The van der Waals surface area contributed by atoms with E-state index in [9.17, 15) is 14.4 Å². The Kier molecular flexibility index (Phi) is 4.86. The van der Waals surface area contributed by atoms with Crippen LogP contribution < -0.4 is 0 Å². The second kappa shape index (κ2) is 7.07. The maximum absolute atomic E-state index is 12.7. The number of ether oxygens (including phenoxy) is 2. The Hall–Kier alpha value is -2.66. The number of esters is 2. The van der Waals surface area contributed by atoms with Crippen LogP contribution in [0.5, 0.6) is 0 Å². The first-order chi connectivity index (χ1) is 12.0. The van der Waals surface area contributed by atoms with Gasteiger partial charge in [0.25, 0.3) is 0 Å². The zero-order chi connectivity index (χ0) is 18.0. The monoisotopic (exact) mass is 358 g/mol. The molecular weight excluding hydrogens is 344 g/mol. The molecule has 0 aliphatic carbocycles. The highest BCUT2D eigenvalue weighted by Crippen LogP contribution is 2.22. The molecule has 2 atom stereocenters. The van der Waals surface area contributed by atoms with Crippen LogP contribution in [0.4, 0.5) is 0 Å². The molecule has 5 nitrogen and oxygen atoms in total. The predicted molar refractivity (Wildman–Crippen MR) is 90.7 cm³/mol. The standard InChI is InChI=1S/C19H15ClO5/c1-11-10-16(19(23)24-11)25-18(22)15-5-3-2-4-14(15)17(21)12-6-8-13(20)9-7-12/h2-9,11,16H,10H2,1H3/t11-,16-/m1/s1. The minimum Gasteiger partial charge on any atom is -0.460 e. The lowest BCUT2D eigenvalue weighted by atomic mass is 9.98. The van der Waals surface area contributed by atoms with Crippen LogP contribution in [0.3, 0.4) is 0 Å². The summed E-state index contributed by atoms with van der Waals surface area (Å²) >= 11 is 5.84. The third kappa shape index (κ3) is 3.72. The molecule has 0 amide bonds. The van der Waals surface area contributed by atoms with E-state index in [-0.39, 0.29) is 23.0 Å². The number of carbonyl (C=O) groups excluding carboxylic acids is 3. The van der Waals surface area contributed by atoms with Crippen molar-refractivity contribution in [2.45, 2.75) is 25.6 Å². The second-order valence-electron chi connectivity index (χ2n) is 5.76. The van der Waals surface area contributed by atoms with Gasteiger partial charge in [0.15, 0.2) is 5.78 Å². The highest BCUT2D eigenvalue weighted by atomic mass is 35.5. The van der Waals surface area contributed by atoms with E-state index < -0.39 is 18.0 Å². The lowest BCUT2D eigenvalue weighted by Crippen LogP contribution is -2.24. The Morgan fingerprint density at radius 3 is 2.32 bits per heavy atom. The Balaban J connectivity index is 1.85. The van der Waals surface area contributed by atoms with Crippen molar-refractivity contribution >= 4 is 29.3 Å². The molecule has 3 rings (SSSR count). The molecule has 25 heavy (non-hydrogen) atoms. The van der Waals surface area contributed by atoms with E-state index in [0.29, 0.717) is 17.0 Å². The minimum absolute atomic E-state index is 0.106. The number of ketones is 1. The number of benzene rings is 2. The van der Waals surface area contributed by atoms with Crippen LogP contribution in [0.25, 0.3) is 0 Å². The van der Waals surface area contributed by atoms with Gasteiger partial charge in [-0.15, -0.1) is 0 Å². The molecule has 2 aromatic carbocycles. The zero-order valence-corrected chi connectivity index (χ0v) is 14.2. The molecule has 1 fully saturated rings. The summed E-state index contributed by atoms with van der Waals surface area (Å²) in [5.41, 5.74) is 0.711. The summed E-state index contributed by atoms with van der Waals surface area (Å²) in [6, 6.07) is 12.7. The van der Waals surface area contributed by atoms with E-state index in [0.717, 1.165) is 0 Å². The molecule has 0 bridgehead atoms. The first-order valence-corrected chi connectivity index (χ1v) is 8.14. The van der Waals surface area contributed by atoms with E-state index in [4.69, 9.17) is 21.1 Å². The summed E-state index contributed by atoms with van der Waals surface area (Å²) in [7, 11) is 0. The SMILES string of the molecule is C[C@@H]1C[C@@H](OC(=O)c2ccccc2C(=O)c2ccc(Cl)cc2)C(=O)O1. The Morgan fingerprint density at radius 2 is 1.72 bits per heavy atom. The molecule has 0 spiro atoms. The van der Waals surface area contributed by atoms with Crippen LogP contribution in [0, 0.1) is 0 Å². The fraction of sp³-hybridized carbons (Fsp3) is 0.211. The molecule has 0 unspecified atom stereocenters. The molecule has 0 radical (unpaired) electrons. The van der Waals surface area contributed by atoms with Crippen LogP contribution in [0.2, 0.25) is 5.02 Å². The lowest BCUT2D eigenvalue weighted by molar-refractivity contribution is -0.147. The van der Waals surface area contributed by atoms with Gasteiger partial charge in [-0.1, -0.05) is 29.8 Å². The van der Waals surface area contributed by atoms with Crippen LogP contribution in [0.1, 0.15) is 39.6 Å². The molecule has 128 valence electrons. The third-order valence-electron chi connectivity index (χ3n) is 3.87.